The molecule has 9 atom stereocenters. The van der Waals surface area contributed by atoms with E-state index in [0.29, 0.717) is 18.2 Å². The van der Waals surface area contributed by atoms with E-state index < -0.39 is 24.4 Å². The third-order valence-electron chi connectivity index (χ3n) is 24.2. The minimum absolute atomic E-state index is 0.0404. The van der Waals surface area contributed by atoms with Gasteiger partial charge in [-0.2, -0.15) is 0 Å². The molecule has 2 aliphatic carbocycles. The number of nitrogens with one attached hydrogen (secondary N) is 8. The van der Waals surface area contributed by atoms with Gasteiger partial charge in [0.05, 0.1) is 50.6 Å². The number of phenolic OH excluding ortho intramolecular Hbond substituents is 2. The lowest BCUT2D eigenvalue weighted by Gasteiger charge is -2.25. The number of rotatable bonds is 21. The van der Waals surface area contributed by atoms with Crippen molar-refractivity contribution in [2.75, 3.05) is 87.1 Å². The van der Waals surface area contributed by atoms with Crippen LogP contribution in [0.15, 0.2) is 220 Å². The lowest BCUT2D eigenvalue weighted by molar-refractivity contribution is 0.140. The Bertz CT molecular complexity index is 4710. The summed E-state index contributed by atoms with van der Waals surface area (Å²) < 4.78 is 0. The molecule has 4 heterocycles. The number of benzene rings is 9. The van der Waals surface area contributed by atoms with Crippen molar-refractivity contribution >= 4 is 34.1 Å². The van der Waals surface area contributed by atoms with E-state index in [-0.39, 0.29) is 34.7 Å². The average molecular weight is 1720 g/mol. The van der Waals surface area contributed by atoms with Crippen LogP contribution in [0.5, 0.6) is 11.5 Å². The molecule has 6 aliphatic rings. The van der Waals surface area contributed by atoms with Crippen molar-refractivity contribution in [2.45, 2.75) is 239 Å². The second-order valence-corrected chi connectivity index (χ2v) is 36.2. The highest BCUT2D eigenvalue weighted by Crippen LogP contribution is 2.38. The molecule has 0 aromatic heterocycles. The van der Waals surface area contributed by atoms with Gasteiger partial charge in [0.25, 0.3) is 0 Å². The molecule has 1 fully saturated rings. The summed E-state index contributed by atoms with van der Waals surface area (Å²) in [7, 11) is 7.52. The molecule has 19 heteroatoms. The van der Waals surface area contributed by atoms with E-state index in [4.69, 9.17) is 10.8 Å². The fourth-order valence-electron chi connectivity index (χ4n) is 16.1. The molecule has 9 aromatic carbocycles. The van der Waals surface area contributed by atoms with Crippen molar-refractivity contribution in [3.63, 3.8) is 0 Å². The van der Waals surface area contributed by atoms with Crippen LogP contribution in [0.2, 0.25) is 0 Å². The number of aliphatic imine (C=N–C) groups is 4. The molecule has 2 unspecified atom stereocenters. The molecule has 16 N–H and O–H groups in total. The quantitative estimate of drug-likeness (QED) is 0.0318. The van der Waals surface area contributed by atoms with Crippen LogP contribution in [0.25, 0.3) is 10.8 Å². The highest BCUT2D eigenvalue weighted by Gasteiger charge is 2.28. The Kier molecular flexibility index (Phi) is 44.2. The first-order valence-corrected chi connectivity index (χ1v) is 46.0. The van der Waals surface area contributed by atoms with Crippen molar-refractivity contribution in [2.24, 2.45) is 31.6 Å². The van der Waals surface area contributed by atoms with Crippen LogP contribution in [0.3, 0.4) is 0 Å². The fourth-order valence-corrected chi connectivity index (χ4v) is 16.1. The summed E-state index contributed by atoms with van der Waals surface area (Å²) in [6, 6.07) is 66.6. The molecule has 126 heavy (non-hydrogen) atoms. The predicted molar refractivity (Wildman–Crippen MR) is 531 cm³/mol. The highest BCUT2D eigenvalue weighted by molar-refractivity contribution is 5.93. The Hall–Kier alpha value is -9.64. The van der Waals surface area contributed by atoms with Crippen LogP contribution in [0, 0.1) is 33.6 Å². The van der Waals surface area contributed by atoms with E-state index in [9.17, 15) is 25.5 Å². The van der Waals surface area contributed by atoms with Gasteiger partial charge in [-0.05, 0) is 232 Å². The minimum atomic E-state index is -0.554. The SMILES string of the molecule is CNC(C)CC1CCCCC1.CNC[C@H](O)c1cccc(O)c1.CN[C@@H](C)[C@@H](O)c1ccccc1.CN[C@@H](C)[C@H](O)c1ccccc1.C[C@@H](N)[C@@H](O)c1ccccc1.Cc1cc(C(C)(C)C)c(O)c(C)c1CC1=NCCN1.Cc1cc(C(C)(C)C)cc(C)c1CC1=NCCN1.c1ccc2c(CC3=NCCN3)cccc2c1.c1ccc2c(c1)CCCC2C1=NCCN1. The molecular weight excluding hydrogens is 1560 g/mol. The number of hydrogen-bond donors (Lipinski definition) is 15. The second-order valence-electron chi connectivity index (χ2n) is 36.2. The largest absolute Gasteiger partial charge is 0.508 e. The van der Waals surface area contributed by atoms with Gasteiger partial charge in [0.15, 0.2) is 0 Å². The van der Waals surface area contributed by atoms with Gasteiger partial charge in [-0.1, -0.05) is 262 Å². The molecule has 0 spiro atoms. The summed E-state index contributed by atoms with van der Waals surface area (Å²) in [5.74, 6) is 6.70. The number of aromatic hydroxyl groups is 2. The third kappa shape index (κ3) is 34.2. The molecule has 0 saturated heterocycles. The summed E-state index contributed by atoms with van der Waals surface area (Å²) in [4.78, 5) is 17.9. The number of aryl methyl sites for hydroxylation is 4. The Balaban J connectivity index is 0.000000196. The lowest BCUT2D eigenvalue weighted by atomic mass is 9.82. The number of hydrogen-bond acceptors (Lipinski definition) is 19. The van der Waals surface area contributed by atoms with Crippen LogP contribution in [0.4, 0.5) is 0 Å². The number of fused-ring (bicyclic) bond motifs is 2. The molecule has 0 amide bonds. The van der Waals surface area contributed by atoms with Crippen LogP contribution >= 0.6 is 0 Å². The lowest BCUT2D eigenvalue weighted by Crippen LogP contribution is -2.28. The molecule has 0 radical (unpaired) electrons. The van der Waals surface area contributed by atoms with Crippen molar-refractivity contribution in [3.05, 3.63) is 284 Å². The first-order chi connectivity index (χ1) is 60.3. The number of nitrogens with two attached hydrogens (primary N) is 1. The fraction of sp³-hybridized carbons (Fsp3) is 0.477. The van der Waals surface area contributed by atoms with Crippen LogP contribution < -0.4 is 48.3 Å². The van der Waals surface area contributed by atoms with Crippen molar-refractivity contribution < 1.29 is 30.6 Å². The molecule has 9 aromatic rings. The van der Waals surface area contributed by atoms with Gasteiger partial charge in [-0.3, -0.25) is 20.0 Å². The maximum Gasteiger partial charge on any atom is 0.122 e. The summed E-state index contributed by atoms with van der Waals surface area (Å²) in [5.41, 5.74) is 23.6. The predicted octanol–water partition coefficient (Wildman–Crippen LogP) is 17.4. The zero-order valence-electron chi connectivity index (χ0n) is 79.2. The summed E-state index contributed by atoms with van der Waals surface area (Å²) >= 11 is 0. The molecule has 19 nitrogen and oxygen atoms in total. The van der Waals surface area contributed by atoms with Gasteiger partial charge < -0.3 is 78.9 Å². The molecule has 1 saturated carbocycles. The number of nitrogens with zero attached hydrogens (tertiary/aromatic N) is 4. The van der Waals surface area contributed by atoms with Gasteiger partial charge in [-0.15, -0.1) is 0 Å². The molecular formula is C107H155N13O6. The topological polar surface area (TPSA) is 293 Å². The van der Waals surface area contributed by atoms with Gasteiger partial charge in [-0.25, -0.2) is 0 Å². The van der Waals surface area contributed by atoms with E-state index in [0.717, 1.165) is 134 Å². The minimum Gasteiger partial charge on any atom is -0.508 e. The Morgan fingerprint density at radius 2 is 0.929 bits per heavy atom. The Morgan fingerprint density at radius 3 is 1.41 bits per heavy atom. The molecule has 4 aliphatic heterocycles. The summed E-state index contributed by atoms with van der Waals surface area (Å²) in [6.45, 7) is 37.8. The number of aliphatic hydroxyl groups is 4. The zero-order valence-corrected chi connectivity index (χ0v) is 79.2. The van der Waals surface area contributed by atoms with E-state index >= 15 is 0 Å². The smallest absolute Gasteiger partial charge is 0.122 e. The number of phenols is 2. The maximum atomic E-state index is 10.5. The number of amidine groups is 4. The van der Waals surface area contributed by atoms with Gasteiger partial charge in [0, 0.05) is 82.1 Å². The van der Waals surface area contributed by atoms with Gasteiger partial charge >= 0.3 is 0 Å². The zero-order chi connectivity index (χ0) is 91.7. The third-order valence-corrected chi connectivity index (χ3v) is 24.2. The van der Waals surface area contributed by atoms with E-state index in [1.165, 1.54) is 124 Å². The molecule has 0 bridgehead atoms. The van der Waals surface area contributed by atoms with Crippen molar-refractivity contribution in [1.82, 2.24) is 42.5 Å². The van der Waals surface area contributed by atoms with Crippen molar-refractivity contribution in [1.29, 1.82) is 0 Å². The first-order valence-electron chi connectivity index (χ1n) is 46.0. The second kappa shape index (κ2) is 53.9. The maximum absolute atomic E-state index is 10.5. The normalized spacial score (nSPS) is 16.9. The summed E-state index contributed by atoms with van der Waals surface area (Å²) in [6.07, 6.45) is 13.3. The van der Waals surface area contributed by atoms with Gasteiger partial charge in [0.2, 0.25) is 0 Å². The molecule has 15 rings (SSSR count). The van der Waals surface area contributed by atoms with E-state index in [1.807, 2.05) is 126 Å². The van der Waals surface area contributed by atoms with Crippen LogP contribution in [0.1, 0.15) is 234 Å². The highest BCUT2D eigenvalue weighted by atomic mass is 16.3. The van der Waals surface area contributed by atoms with Crippen LogP contribution in [-0.2, 0) is 36.5 Å². The first kappa shape index (κ1) is 103. The van der Waals surface area contributed by atoms with Crippen molar-refractivity contribution in [3.8, 4) is 11.5 Å². The van der Waals surface area contributed by atoms with Crippen LogP contribution in [-0.4, -0.2) is 165 Å². The Labute approximate surface area is 756 Å². The summed E-state index contributed by atoms with van der Waals surface area (Å²) in [5, 5.41) is 86.2. The van der Waals surface area contributed by atoms with Gasteiger partial charge in [0.1, 0.15) is 34.8 Å². The average Bonchev–Trinajstić information content (AvgIpc) is 0.952. The number of aliphatic hydroxyl groups excluding tert-OH is 4. The van der Waals surface area contributed by atoms with E-state index in [2.05, 4.69) is 224 Å². The Morgan fingerprint density at radius 1 is 0.460 bits per heavy atom. The monoisotopic (exact) mass is 1720 g/mol. The van der Waals surface area contributed by atoms with E-state index in [1.54, 1.807) is 38.2 Å². The standard InChI is InChI=1S/C16H24N2O.C16H24N2.C14H14N2.C13H16N2.2C10H15NO.C10H21N.C9H13NO2.C9H13NO/c1-10-8-13(16(3,4)5)15(19)11(2)12(10)9-14-17-6-7-18-14;1-11-8-13(16(3,4)5)9-12(2)14(11)10-15-17-6-7-18-15;1-2-7-13-11(4-1)5-3-6-12(13)10-14-15-8-9-16-14;1-2-6-11-10(4-1)5-3-7-12(11)13-14-8-9-15-13;2*1-8(11-2)10(12)9-6-4-3-5-7-9;1-9(11-2)8-10-6-4-3-5-7-10;1-10-6-9(12)7-3-2-4-8(11)5-7;1-7(10)9(11)8-5-3-2-4-6-8/h8,19H,6-7,9H2,1-5H3,(H,17,18);8-9H,6-7,10H2,1-5H3,(H,17,18);1-7H,8-10H2,(H,15,16);1-2,4,6,12H,3,5,7-9H2,(H,14,15);2*3-8,10-12H,1-2H3;9-11H,3-8H2,1-2H3;2-5,9-12H,6H2,1H3;2-7,9,11H,10H2,1H3/t;;;;8-,10+;8-,10-;;9-;7-,9-/m....00.01/s1. The number of likely N-dealkylation sites (N-methyl/N-ethyl adjacent to an activating group) is 3. The molecule has 684 valence electrons.